The van der Waals surface area contributed by atoms with E-state index in [0.29, 0.717) is 5.92 Å². The maximum absolute atomic E-state index is 10.2. The standard InChI is InChI=1S/C13H19NO/c1-14(2)9-11-8-7-10-5-3-4-6-12(10)13(11)15/h3-6,11,13,15H,7-9H2,1-2H3/t11-,13+/m0/s1. The third-order valence-corrected chi connectivity index (χ3v) is 3.20. The highest BCUT2D eigenvalue weighted by atomic mass is 16.3. The number of aryl methyl sites for hydroxylation is 1. The first kappa shape index (κ1) is 10.7. The highest BCUT2D eigenvalue weighted by molar-refractivity contribution is 5.31. The molecule has 0 spiro atoms. The van der Waals surface area contributed by atoms with Crippen molar-refractivity contribution in [2.75, 3.05) is 20.6 Å². The Bertz CT molecular complexity index is 335. The van der Waals surface area contributed by atoms with Crippen LogP contribution in [0.4, 0.5) is 0 Å². The summed E-state index contributed by atoms with van der Waals surface area (Å²) in [5.74, 6) is 0.384. The van der Waals surface area contributed by atoms with Gasteiger partial charge in [-0.2, -0.15) is 0 Å². The lowest BCUT2D eigenvalue weighted by Gasteiger charge is -2.31. The Kier molecular flexibility index (Phi) is 3.08. The van der Waals surface area contributed by atoms with Gasteiger partial charge in [0.25, 0.3) is 0 Å². The third kappa shape index (κ3) is 2.21. The second-order valence-electron chi connectivity index (χ2n) is 4.70. The van der Waals surface area contributed by atoms with Gasteiger partial charge in [0.05, 0.1) is 6.10 Å². The summed E-state index contributed by atoms with van der Waals surface area (Å²) in [6.45, 7) is 0.968. The van der Waals surface area contributed by atoms with E-state index in [0.717, 1.165) is 24.9 Å². The molecule has 1 N–H and O–H groups in total. The van der Waals surface area contributed by atoms with Crippen molar-refractivity contribution in [2.45, 2.75) is 18.9 Å². The number of aliphatic hydroxyl groups is 1. The third-order valence-electron chi connectivity index (χ3n) is 3.20. The summed E-state index contributed by atoms with van der Waals surface area (Å²) in [6, 6.07) is 8.25. The quantitative estimate of drug-likeness (QED) is 0.796. The highest BCUT2D eigenvalue weighted by Gasteiger charge is 2.27. The van der Waals surface area contributed by atoms with Gasteiger partial charge >= 0.3 is 0 Å². The molecule has 1 aromatic carbocycles. The maximum atomic E-state index is 10.2. The molecule has 0 radical (unpaired) electrons. The topological polar surface area (TPSA) is 23.5 Å². The zero-order valence-corrected chi connectivity index (χ0v) is 9.48. The highest BCUT2D eigenvalue weighted by Crippen LogP contribution is 2.34. The largest absolute Gasteiger partial charge is 0.388 e. The summed E-state index contributed by atoms with van der Waals surface area (Å²) in [6.07, 6.45) is 1.92. The smallest absolute Gasteiger partial charge is 0.0833 e. The van der Waals surface area contributed by atoms with Crippen molar-refractivity contribution in [2.24, 2.45) is 5.92 Å². The Balaban J connectivity index is 2.18. The Labute approximate surface area is 91.5 Å². The van der Waals surface area contributed by atoms with Crippen LogP contribution in [0.2, 0.25) is 0 Å². The first-order valence-electron chi connectivity index (χ1n) is 5.59. The summed E-state index contributed by atoms with van der Waals surface area (Å²) in [5, 5.41) is 10.2. The molecular weight excluding hydrogens is 186 g/mol. The van der Waals surface area contributed by atoms with Gasteiger partial charge < -0.3 is 10.0 Å². The van der Waals surface area contributed by atoms with Gasteiger partial charge in [0.2, 0.25) is 0 Å². The summed E-state index contributed by atoms with van der Waals surface area (Å²) in [5.41, 5.74) is 2.45. The molecule has 82 valence electrons. The number of benzene rings is 1. The van der Waals surface area contributed by atoms with Gasteiger partial charge in [-0.25, -0.2) is 0 Å². The average molecular weight is 205 g/mol. The minimum atomic E-state index is -0.280. The van der Waals surface area contributed by atoms with Crippen LogP contribution in [0.5, 0.6) is 0 Å². The minimum Gasteiger partial charge on any atom is -0.388 e. The van der Waals surface area contributed by atoms with Crippen LogP contribution in [-0.4, -0.2) is 30.6 Å². The van der Waals surface area contributed by atoms with Crippen LogP contribution in [0.25, 0.3) is 0 Å². The zero-order chi connectivity index (χ0) is 10.8. The number of fused-ring (bicyclic) bond motifs is 1. The number of rotatable bonds is 2. The SMILES string of the molecule is CN(C)C[C@@H]1CCc2ccccc2[C@@H]1O. The van der Waals surface area contributed by atoms with E-state index in [2.05, 4.69) is 37.2 Å². The van der Waals surface area contributed by atoms with Crippen LogP contribution in [0, 0.1) is 5.92 Å². The van der Waals surface area contributed by atoms with Crippen molar-refractivity contribution in [1.29, 1.82) is 0 Å². The molecule has 1 aliphatic carbocycles. The number of nitrogens with zero attached hydrogens (tertiary/aromatic N) is 1. The molecule has 0 unspecified atom stereocenters. The molecule has 0 heterocycles. The minimum absolute atomic E-state index is 0.280. The Morgan fingerprint density at radius 1 is 1.33 bits per heavy atom. The van der Waals surface area contributed by atoms with Crippen LogP contribution in [0.1, 0.15) is 23.7 Å². The Morgan fingerprint density at radius 2 is 2.07 bits per heavy atom. The molecule has 2 nitrogen and oxygen atoms in total. The fourth-order valence-electron chi connectivity index (χ4n) is 2.46. The van der Waals surface area contributed by atoms with Gasteiger partial charge in [0, 0.05) is 12.5 Å². The van der Waals surface area contributed by atoms with E-state index in [1.165, 1.54) is 5.56 Å². The molecule has 1 aromatic rings. The predicted octanol–water partition coefficient (Wildman–Crippen LogP) is 1.84. The van der Waals surface area contributed by atoms with Crippen LogP contribution in [0.3, 0.4) is 0 Å². The molecule has 2 atom stereocenters. The number of hydrogen-bond donors (Lipinski definition) is 1. The fraction of sp³-hybridized carbons (Fsp3) is 0.538. The van der Waals surface area contributed by atoms with Gasteiger partial charge in [-0.1, -0.05) is 24.3 Å². The molecule has 0 saturated carbocycles. The maximum Gasteiger partial charge on any atom is 0.0833 e. The van der Waals surface area contributed by atoms with E-state index in [-0.39, 0.29) is 6.10 Å². The molecule has 0 aliphatic heterocycles. The fourth-order valence-corrected chi connectivity index (χ4v) is 2.46. The van der Waals surface area contributed by atoms with Gasteiger partial charge in [-0.15, -0.1) is 0 Å². The second-order valence-corrected chi connectivity index (χ2v) is 4.70. The lowest BCUT2D eigenvalue weighted by atomic mass is 9.81. The van der Waals surface area contributed by atoms with Gasteiger partial charge in [-0.05, 0) is 38.1 Å². The van der Waals surface area contributed by atoms with Crippen molar-refractivity contribution >= 4 is 0 Å². The van der Waals surface area contributed by atoms with Crippen LogP contribution >= 0.6 is 0 Å². The molecular formula is C13H19NO. The summed E-state index contributed by atoms with van der Waals surface area (Å²) in [4.78, 5) is 2.15. The molecule has 2 rings (SSSR count). The first-order chi connectivity index (χ1) is 7.18. The van der Waals surface area contributed by atoms with Crippen molar-refractivity contribution in [3.05, 3.63) is 35.4 Å². The summed E-state index contributed by atoms with van der Waals surface area (Å²) in [7, 11) is 4.13. The molecule has 1 aliphatic rings. The lowest BCUT2D eigenvalue weighted by Crippen LogP contribution is -2.30. The molecule has 15 heavy (non-hydrogen) atoms. The van der Waals surface area contributed by atoms with Crippen LogP contribution in [0.15, 0.2) is 24.3 Å². The van der Waals surface area contributed by atoms with E-state index in [9.17, 15) is 5.11 Å². The Morgan fingerprint density at radius 3 is 2.80 bits per heavy atom. The molecule has 0 aromatic heterocycles. The summed E-state index contributed by atoms with van der Waals surface area (Å²) >= 11 is 0. The monoisotopic (exact) mass is 205 g/mol. The first-order valence-corrected chi connectivity index (χ1v) is 5.59. The van der Waals surface area contributed by atoms with E-state index in [4.69, 9.17) is 0 Å². The van der Waals surface area contributed by atoms with Gasteiger partial charge in [-0.3, -0.25) is 0 Å². The second kappa shape index (κ2) is 4.33. The molecule has 0 bridgehead atoms. The van der Waals surface area contributed by atoms with Crippen LogP contribution in [-0.2, 0) is 6.42 Å². The molecule has 0 fully saturated rings. The predicted molar refractivity (Wildman–Crippen MR) is 61.8 cm³/mol. The van der Waals surface area contributed by atoms with Crippen molar-refractivity contribution in [3.8, 4) is 0 Å². The zero-order valence-electron chi connectivity index (χ0n) is 9.48. The van der Waals surface area contributed by atoms with Gasteiger partial charge in [0.1, 0.15) is 0 Å². The van der Waals surface area contributed by atoms with E-state index in [1.807, 2.05) is 6.07 Å². The van der Waals surface area contributed by atoms with E-state index >= 15 is 0 Å². The van der Waals surface area contributed by atoms with E-state index < -0.39 is 0 Å². The van der Waals surface area contributed by atoms with Crippen molar-refractivity contribution in [3.63, 3.8) is 0 Å². The van der Waals surface area contributed by atoms with Crippen molar-refractivity contribution in [1.82, 2.24) is 4.90 Å². The Hall–Kier alpha value is -0.860. The van der Waals surface area contributed by atoms with Crippen LogP contribution < -0.4 is 0 Å². The van der Waals surface area contributed by atoms with Gasteiger partial charge in [0.15, 0.2) is 0 Å². The molecule has 2 heteroatoms. The molecule has 0 amide bonds. The van der Waals surface area contributed by atoms with E-state index in [1.54, 1.807) is 0 Å². The molecule has 0 saturated heterocycles. The lowest BCUT2D eigenvalue weighted by molar-refractivity contribution is 0.0768. The normalized spacial score (nSPS) is 25.3. The number of aliphatic hydroxyl groups excluding tert-OH is 1. The van der Waals surface area contributed by atoms with Crippen molar-refractivity contribution < 1.29 is 5.11 Å². The number of hydrogen-bond acceptors (Lipinski definition) is 2. The summed E-state index contributed by atoms with van der Waals surface area (Å²) < 4.78 is 0. The average Bonchev–Trinajstić information content (AvgIpc) is 2.22.